The molecule has 2 rings (SSSR count). The standard InChI is InChI=1S/C14H18N2O/c1-4-10(5-2)14(17)13-11-8-6-7-9-12(11)16(3)15-13/h6-10H,4-5H2,1-3H3. The van der Waals surface area contributed by atoms with Crippen LogP contribution in [0.25, 0.3) is 10.9 Å². The van der Waals surface area contributed by atoms with Crippen molar-refractivity contribution in [3.8, 4) is 0 Å². The molecule has 0 fully saturated rings. The molecular formula is C14H18N2O. The Morgan fingerprint density at radius 3 is 2.59 bits per heavy atom. The number of para-hydroxylation sites is 1. The second kappa shape index (κ2) is 4.70. The van der Waals surface area contributed by atoms with E-state index in [0.29, 0.717) is 5.69 Å². The summed E-state index contributed by atoms with van der Waals surface area (Å²) in [6, 6.07) is 7.88. The van der Waals surface area contributed by atoms with E-state index in [1.54, 1.807) is 4.68 Å². The van der Waals surface area contributed by atoms with Crippen LogP contribution in [0.2, 0.25) is 0 Å². The largest absolute Gasteiger partial charge is 0.292 e. The SMILES string of the molecule is CCC(CC)C(=O)c1nn(C)c2ccccc12. The van der Waals surface area contributed by atoms with Gasteiger partial charge in [-0.05, 0) is 18.9 Å². The van der Waals surface area contributed by atoms with Gasteiger partial charge in [0.25, 0.3) is 0 Å². The van der Waals surface area contributed by atoms with Crippen LogP contribution < -0.4 is 0 Å². The van der Waals surface area contributed by atoms with Gasteiger partial charge < -0.3 is 0 Å². The molecule has 3 nitrogen and oxygen atoms in total. The van der Waals surface area contributed by atoms with Crippen molar-refractivity contribution in [2.24, 2.45) is 13.0 Å². The predicted molar refractivity (Wildman–Crippen MR) is 69.1 cm³/mol. The van der Waals surface area contributed by atoms with Crippen molar-refractivity contribution in [1.29, 1.82) is 0 Å². The van der Waals surface area contributed by atoms with E-state index >= 15 is 0 Å². The minimum atomic E-state index is 0.0910. The van der Waals surface area contributed by atoms with E-state index in [-0.39, 0.29) is 11.7 Å². The third kappa shape index (κ3) is 1.97. The third-order valence-electron chi connectivity index (χ3n) is 3.35. The topological polar surface area (TPSA) is 34.9 Å². The third-order valence-corrected chi connectivity index (χ3v) is 3.35. The Kier molecular flexibility index (Phi) is 3.27. The van der Waals surface area contributed by atoms with Crippen LogP contribution in [0.15, 0.2) is 24.3 Å². The van der Waals surface area contributed by atoms with Crippen molar-refractivity contribution in [2.75, 3.05) is 0 Å². The minimum absolute atomic E-state index is 0.0910. The first-order valence-electron chi connectivity index (χ1n) is 6.15. The summed E-state index contributed by atoms with van der Waals surface area (Å²) in [6.07, 6.45) is 1.75. The maximum atomic E-state index is 12.4. The Bertz CT molecular complexity index is 538. The zero-order valence-corrected chi connectivity index (χ0v) is 10.6. The maximum absolute atomic E-state index is 12.4. The van der Waals surface area contributed by atoms with Crippen LogP contribution >= 0.6 is 0 Å². The van der Waals surface area contributed by atoms with Crippen LogP contribution in [0.5, 0.6) is 0 Å². The number of Topliss-reactive ketones (excluding diaryl/α,β-unsaturated/α-hetero) is 1. The molecule has 1 aromatic heterocycles. The first kappa shape index (κ1) is 11.8. The zero-order chi connectivity index (χ0) is 12.4. The lowest BCUT2D eigenvalue weighted by atomic mass is 9.95. The van der Waals surface area contributed by atoms with Gasteiger partial charge in [0.2, 0.25) is 0 Å². The molecule has 90 valence electrons. The average Bonchev–Trinajstić information content (AvgIpc) is 2.69. The van der Waals surface area contributed by atoms with Crippen molar-refractivity contribution in [1.82, 2.24) is 9.78 Å². The summed E-state index contributed by atoms with van der Waals surface area (Å²) >= 11 is 0. The normalized spacial score (nSPS) is 11.3. The van der Waals surface area contributed by atoms with Gasteiger partial charge in [-0.1, -0.05) is 32.0 Å². The highest BCUT2D eigenvalue weighted by atomic mass is 16.1. The summed E-state index contributed by atoms with van der Waals surface area (Å²) in [5.41, 5.74) is 1.64. The van der Waals surface area contributed by atoms with E-state index < -0.39 is 0 Å². The van der Waals surface area contributed by atoms with Gasteiger partial charge in [-0.25, -0.2) is 0 Å². The second-order valence-electron chi connectivity index (χ2n) is 4.37. The Balaban J connectivity index is 2.52. The lowest BCUT2D eigenvalue weighted by Gasteiger charge is -2.08. The van der Waals surface area contributed by atoms with E-state index in [0.717, 1.165) is 23.7 Å². The van der Waals surface area contributed by atoms with E-state index in [4.69, 9.17) is 0 Å². The lowest BCUT2D eigenvalue weighted by molar-refractivity contribution is 0.0909. The second-order valence-corrected chi connectivity index (χ2v) is 4.37. The fraction of sp³-hybridized carbons (Fsp3) is 0.429. The van der Waals surface area contributed by atoms with Crippen molar-refractivity contribution in [3.05, 3.63) is 30.0 Å². The fourth-order valence-electron chi connectivity index (χ4n) is 2.25. The van der Waals surface area contributed by atoms with E-state index in [9.17, 15) is 4.79 Å². The van der Waals surface area contributed by atoms with Crippen molar-refractivity contribution in [2.45, 2.75) is 26.7 Å². The number of aromatic nitrogens is 2. The lowest BCUT2D eigenvalue weighted by Crippen LogP contribution is -2.14. The average molecular weight is 230 g/mol. The maximum Gasteiger partial charge on any atom is 0.186 e. The first-order chi connectivity index (χ1) is 8.19. The monoisotopic (exact) mass is 230 g/mol. The highest BCUT2D eigenvalue weighted by Crippen LogP contribution is 2.22. The number of aryl methyl sites for hydroxylation is 1. The van der Waals surface area contributed by atoms with Gasteiger partial charge >= 0.3 is 0 Å². The summed E-state index contributed by atoms with van der Waals surface area (Å²) in [6.45, 7) is 4.11. The number of ketones is 1. The summed E-state index contributed by atoms with van der Waals surface area (Å²) in [4.78, 5) is 12.4. The number of fused-ring (bicyclic) bond motifs is 1. The Morgan fingerprint density at radius 1 is 1.29 bits per heavy atom. The summed E-state index contributed by atoms with van der Waals surface area (Å²) in [7, 11) is 1.88. The molecular weight excluding hydrogens is 212 g/mol. The predicted octanol–water partition coefficient (Wildman–Crippen LogP) is 3.19. The van der Waals surface area contributed by atoms with E-state index in [1.807, 2.05) is 31.3 Å². The van der Waals surface area contributed by atoms with Gasteiger partial charge in [0.15, 0.2) is 5.78 Å². The number of benzene rings is 1. The van der Waals surface area contributed by atoms with Gasteiger partial charge in [0.1, 0.15) is 5.69 Å². The molecule has 0 N–H and O–H groups in total. The number of hydrogen-bond acceptors (Lipinski definition) is 2. The molecule has 17 heavy (non-hydrogen) atoms. The van der Waals surface area contributed by atoms with Gasteiger partial charge in [0.05, 0.1) is 5.52 Å². The zero-order valence-electron chi connectivity index (χ0n) is 10.6. The molecule has 0 radical (unpaired) electrons. The molecule has 0 aliphatic heterocycles. The quantitative estimate of drug-likeness (QED) is 0.756. The van der Waals surface area contributed by atoms with Gasteiger partial charge in [-0.3, -0.25) is 9.48 Å². The number of carbonyl (C=O) groups is 1. The van der Waals surface area contributed by atoms with Crippen LogP contribution in [0.3, 0.4) is 0 Å². The minimum Gasteiger partial charge on any atom is -0.292 e. The Labute approximate surface area is 101 Å². The molecule has 2 aromatic rings. The van der Waals surface area contributed by atoms with Crippen molar-refractivity contribution in [3.63, 3.8) is 0 Å². The summed E-state index contributed by atoms with van der Waals surface area (Å²) in [5, 5.41) is 5.34. The smallest absolute Gasteiger partial charge is 0.186 e. The highest BCUT2D eigenvalue weighted by molar-refractivity contribution is 6.07. The van der Waals surface area contributed by atoms with Gasteiger partial charge in [0, 0.05) is 18.4 Å². The van der Waals surface area contributed by atoms with Crippen LogP contribution in [0.4, 0.5) is 0 Å². The van der Waals surface area contributed by atoms with Gasteiger partial charge in [-0.15, -0.1) is 0 Å². The van der Waals surface area contributed by atoms with E-state index in [2.05, 4.69) is 18.9 Å². The van der Waals surface area contributed by atoms with Crippen LogP contribution in [-0.2, 0) is 7.05 Å². The fourth-order valence-corrected chi connectivity index (χ4v) is 2.25. The first-order valence-corrected chi connectivity index (χ1v) is 6.15. The van der Waals surface area contributed by atoms with Gasteiger partial charge in [-0.2, -0.15) is 5.10 Å². The molecule has 0 atom stereocenters. The summed E-state index contributed by atoms with van der Waals surface area (Å²) in [5.74, 6) is 0.264. The molecule has 0 bridgehead atoms. The van der Waals surface area contributed by atoms with Crippen LogP contribution in [-0.4, -0.2) is 15.6 Å². The molecule has 1 heterocycles. The molecule has 1 aromatic carbocycles. The van der Waals surface area contributed by atoms with Crippen molar-refractivity contribution < 1.29 is 4.79 Å². The molecule has 3 heteroatoms. The number of carbonyl (C=O) groups excluding carboxylic acids is 1. The number of rotatable bonds is 4. The van der Waals surface area contributed by atoms with Crippen LogP contribution in [0, 0.1) is 5.92 Å². The highest BCUT2D eigenvalue weighted by Gasteiger charge is 2.21. The molecule has 0 aliphatic carbocycles. The Hall–Kier alpha value is -1.64. The molecule has 0 amide bonds. The Morgan fingerprint density at radius 2 is 1.94 bits per heavy atom. The summed E-state index contributed by atoms with van der Waals surface area (Å²) < 4.78 is 1.78. The van der Waals surface area contributed by atoms with Crippen molar-refractivity contribution >= 4 is 16.7 Å². The number of hydrogen-bond donors (Lipinski definition) is 0. The molecule has 0 aliphatic rings. The molecule has 0 unspecified atom stereocenters. The molecule has 0 spiro atoms. The molecule has 0 saturated carbocycles. The van der Waals surface area contributed by atoms with E-state index in [1.165, 1.54) is 0 Å². The van der Waals surface area contributed by atoms with Crippen LogP contribution in [0.1, 0.15) is 37.2 Å². The number of nitrogens with zero attached hydrogens (tertiary/aromatic N) is 2. The molecule has 0 saturated heterocycles.